The molecule has 1 aliphatic carbocycles. The zero-order valence-corrected chi connectivity index (χ0v) is 14.9. The summed E-state index contributed by atoms with van der Waals surface area (Å²) in [5, 5.41) is 0. The molecule has 3 nitrogen and oxygen atoms in total. The molecule has 3 heteroatoms. The van der Waals surface area contributed by atoms with E-state index in [1.807, 2.05) is 69.4 Å². The van der Waals surface area contributed by atoms with Gasteiger partial charge in [0.2, 0.25) is 5.78 Å². The molecular formula is C21H26N2O. The Kier molecular flexibility index (Phi) is 8.20. The molecule has 1 unspecified atom stereocenters. The van der Waals surface area contributed by atoms with Crippen LogP contribution in [0.25, 0.3) is 5.57 Å². The van der Waals surface area contributed by atoms with Crippen LogP contribution in [0.15, 0.2) is 73.0 Å². The molecule has 1 aromatic heterocycles. The lowest BCUT2D eigenvalue weighted by molar-refractivity contribution is 0.103. The highest BCUT2D eigenvalue weighted by molar-refractivity contribution is 6.09. The number of carbonyl (C=O) groups excluding carboxylic acids is 1. The van der Waals surface area contributed by atoms with Crippen LogP contribution in [0.2, 0.25) is 0 Å². The van der Waals surface area contributed by atoms with E-state index in [0.717, 1.165) is 5.57 Å². The number of ketones is 1. The van der Waals surface area contributed by atoms with Gasteiger partial charge in [0.1, 0.15) is 11.5 Å². The minimum atomic E-state index is -0.0584. The molecule has 126 valence electrons. The number of Topliss-reactive ketones (excluding diaryl/α,β-unsaturated/α-hetero) is 1. The lowest BCUT2D eigenvalue weighted by Crippen LogP contribution is -2.02. The average molecular weight is 322 g/mol. The molecular weight excluding hydrogens is 296 g/mol. The number of nitrogens with one attached hydrogen (secondary N) is 1. The van der Waals surface area contributed by atoms with Gasteiger partial charge in [-0.25, -0.2) is 4.98 Å². The number of H-pyrrole nitrogens is 1. The second kappa shape index (κ2) is 10.2. The van der Waals surface area contributed by atoms with Gasteiger partial charge in [-0.05, 0) is 12.8 Å². The first-order chi connectivity index (χ1) is 11.7. The monoisotopic (exact) mass is 322 g/mol. The van der Waals surface area contributed by atoms with Crippen LogP contribution in [0.3, 0.4) is 0 Å². The van der Waals surface area contributed by atoms with Gasteiger partial charge in [0.25, 0.3) is 0 Å². The van der Waals surface area contributed by atoms with E-state index in [1.54, 1.807) is 12.3 Å². The first-order valence-electron chi connectivity index (χ1n) is 8.28. The van der Waals surface area contributed by atoms with E-state index in [4.69, 9.17) is 0 Å². The van der Waals surface area contributed by atoms with Crippen molar-refractivity contribution in [1.29, 1.82) is 0 Å². The molecule has 0 bridgehead atoms. The lowest BCUT2D eigenvalue weighted by Gasteiger charge is -1.99. The maximum absolute atomic E-state index is 12.5. The number of aromatic amines is 1. The van der Waals surface area contributed by atoms with Gasteiger partial charge >= 0.3 is 0 Å². The average Bonchev–Trinajstić information content (AvgIpc) is 2.99. The van der Waals surface area contributed by atoms with Crippen molar-refractivity contribution in [3.63, 3.8) is 0 Å². The number of imidazole rings is 1. The van der Waals surface area contributed by atoms with Crippen molar-refractivity contribution in [3.05, 3.63) is 84.6 Å². The highest BCUT2D eigenvalue weighted by Gasteiger charge is 2.14. The van der Waals surface area contributed by atoms with Gasteiger partial charge in [0.05, 0.1) is 6.20 Å². The van der Waals surface area contributed by atoms with Crippen molar-refractivity contribution in [2.75, 3.05) is 0 Å². The molecule has 0 aromatic carbocycles. The Balaban J connectivity index is 0.00000139. The summed E-state index contributed by atoms with van der Waals surface area (Å²) in [6.45, 7) is 11.7. The number of aromatic nitrogens is 2. The first-order valence-corrected chi connectivity index (χ1v) is 8.28. The van der Waals surface area contributed by atoms with Crippen molar-refractivity contribution in [1.82, 2.24) is 9.97 Å². The molecule has 1 heterocycles. The van der Waals surface area contributed by atoms with Gasteiger partial charge in [-0.2, -0.15) is 0 Å². The van der Waals surface area contributed by atoms with Gasteiger partial charge in [0.15, 0.2) is 0 Å². The predicted octanol–water partition coefficient (Wildman–Crippen LogP) is 5.45. The molecule has 0 aliphatic heterocycles. The summed E-state index contributed by atoms with van der Waals surface area (Å²) in [5.41, 5.74) is 2.05. The van der Waals surface area contributed by atoms with E-state index in [1.165, 1.54) is 0 Å². The number of allylic oxidation sites excluding steroid dienone is 11. The minimum absolute atomic E-state index is 0.0584. The Morgan fingerprint density at radius 3 is 2.75 bits per heavy atom. The van der Waals surface area contributed by atoms with Crippen LogP contribution in [-0.4, -0.2) is 15.8 Å². The van der Waals surface area contributed by atoms with E-state index in [-0.39, 0.29) is 5.78 Å². The second-order valence-electron chi connectivity index (χ2n) is 5.04. The van der Waals surface area contributed by atoms with Crippen LogP contribution in [0.5, 0.6) is 0 Å². The molecule has 0 amide bonds. The molecule has 1 aliphatic rings. The fourth-order valence-electron chi connectivity index (χ4n) is 2.08. The summed E-state index contributed by atoms with van der Waals surface area (Å²) in [7, 11) is 0. The fourth-order valence-corrected chi connectivity index (χ4v) is 2.08. The number of carbonyl (C=O) groups is 1. The third-order valence-corrected chi connectivity index (χ3v) is 3.35. The molecule has 0 fully saturated rings. The summed E-state index contributed by atoms with van der Waals surface area (Å²) < 4.78 is 0. The Hall–Kier alpha value is -2.68. The highest BCUT2D eigenvalue weighted by Crippen LogP contribution is 2.17. The number of hydrogen-bond acceptors (Lipinski definition) is 2. The zero-order chi connectivity index (χ0) is 17.9. The number of rotatable bonds is 5. The van der Waals surface area contributed by atoms with Crippen LogP contribution in [-0.2, 0) is 0 Å². The maximum atomic E-state index is 12.5. The lowest BCUT2D eigenvalue weighted by atomic mass is 10.1. The summed E-state index contributed by atoms with van der Waals surface area (Å²) >= 11 is 0. The molecule has 1 aromatic rings. The SMILES string of the molecule is C=C/C=C\C(=C/C)c1ncc(C(=O)C2=CC=CC(C)C=C2)[nH]1.CC. The Bertz CT molecular complexity index is 712. The summed E-state index contributed by atoms with van der Waals surface area (Å²) in [4.78, 5) is 19.9. The van der Waals surface area contributed by atoms with Crippen LogP contribution in [0.4, 0.5) is 0 Å². The normalized spacial score (nSPS) is 17.1. The quantitative estimate of drug-likeness (QED) is 0.578. The zero-order valence-electron chi connectivity index (χ0n) is 14.9. The Morgan fingerprint density at radius 1 is 1.33 bits per heavy atom. The van der Waals surface area contributed by atoms with Gasteiger partial charge in [0, 0.05) is 11.1 Å². The van der Waals surface area contributed by atoms with Gasteiger partial charge in [-0.15, -0.1) is 0 Å². The van der Waals surface area contributed by atoms with Crippen LogP contribution in [0, 0.1) is 5.92 Å². The highest BCUT2D eigenvalue weighted by atomic mass is 16.1. The molecule has 0 radical (unpaired) electrons. The third kappa shape index (κ3) is 5.20. The molecule has 0 saturated carbocycles. The predicted molar refractivity (Wildman–Crippen MR) is 103 cm³/mol. The van der Waals surface area contributed by atoms with Crippen LogP contribution in [0.1, 0.15) is 44.0 Å². The first kappa shape index (κ1) is 19.4. The molecule has 2 rings (SSSR count). The number of hydrogen-bond donors (Lipinski definition) is 1. The van der Waals surface area contributed by atoms with Crippen molar-refractivity contribution in [2.24, 2.45) is 5.92 Å². The second-order valence-corrected chi connectivity index (χ2v) is 5.04. The van der Waals surface area contributed by atoms with E-state index in [0.29, 0.717) is 23.0 Å². The van der Waals surface area contributed by atoms with Crippen molar-refractivity contribution in [3.8, 4) is 0 Å². The smallest absolute Gasteiger partial charge is 0.210 e. The van der Waals surface area contributed by atoms with Gasteiger partial charge in [-0.1, -0.05) is 82.0 Å². The van der Waals surface area contributed by atoms with Gasteiger partial charge < -0.3 is 4.98 Å². The molecule has 1 atom stereocenters. The maximum Gasteiger partial charge on any atom is 0.210 e. The summed E-state index contributed by atoms with van der Waals surface area (Å²) in [6, 6.07) is 0. The van der Waals surface area contributed by atoms with Crippen molar-refractivity contribution < 1.29 is 4.79 Å². The topological polar surface area (TPSA) is 45.8 Å². The van der Waals surface area contributed by atoms with Gasteiger partial charge in [-0.3, -0.25) is 4.79 Å². The van der Waals surface area contributed by atoms with Crippen molar-refractivity contribution >= 4 is 11.4 Å². The summed E-state index contributed by atoms with van der Waals surface area (Å²) in [5.74, 6) is 0.945. The Morgan fingerprint density at radius 2 is 2.08 bits per heavy atom. The van der Waals surface area contributed by atoms with Crippen molar-refractivity contribution in [2.45, 2.75) is 27.7 Å². The third-order valence-electron chi connectivity index (χ3n) is 3.35. The standard InChI is InChI=1S/C19H20N2O.C2H6/c1-4-6-9-15(5-2)19-20-13-17(21-19)18(22)16-10-7-8-14(3)11-12-16;1-2/h4-14H,1H2,2-3H3,(H,20,21);1-2H3/b9-6-,15-5+;. The van der Waals surface area contributed by atoms with E-state index in [2.05, 4.69) is 23.5 Å². The summed E-state index contributed by atoms with van der Waals surface area (Å²) in [6.07, 6.45) is 18.6. The van der Waals surface area contributed by atoms with E-state index < -0.39 is 0 Å². The fraction of sp³-hybridized carbons (Fsp3) is 0.238. The Labute approximate surface area is 144 Å². The molecule has 0 spiro atoms. The van der Waals surface area contributed by atoms with Crippen LogP contribution < -0.4 is 0 Å². The molecule has 0 saturated heterocycles. The molecule has 24 heavy (non-hydrogen) atoms. The van der Waals surface area contributed by atoms with E-state index >= 15 is 0 Å². The largest absolute Gasteiger partial charge is 0.335 e. The molecule has 1 N–H and O–H groups in total. The van der Waals surface area contributed by atoms with E-state index in [9.17, 15) is 4.79 Å². The minimum Gasteiger partial charge on any atom is -0.335 e. The number of nitrogens with zero attached hydrogens (tertiary/aromatic N) is 1. The van der Waals surface area contributed by atoms with Crippen LogP contribution >= 0.6 is 0 Å².